The summed E-state index contributed by atoms with van der Waals surface area (Å²) in [5.41, 5.74) is 7.75. The van der Waals surface area contributed by atoms with Gasteiger partial charge in [0.1, 0.15) is 0 Å². The Hall–Kier alpha value is -1.85. The zero-order valence-corrected chi connectivity index (χ0v) is 14.8. The molecule has 0 spiro atoms. The second-order valence-corrected chi connectivity index (χ2v) is 5.75. The minimum Gasteiger partial charge on any atom is -0.352 e. The number of amides is 1. The van der Waals surface area contributed by atoms with Crippen LogP contribution in [0.3, 0.4) is 0 Å². The van der Waals surface area contributed by atoms with Gasteiger partial charge < -0.3 is 11.1 Å². The normalized spacial score (nSPS) is 10.2. The van der Waals surface area contributed by atoms with Gasteiger partial charge in [0, 0.05) is 25.4 Å². The van der Waals surface area contributed by atoms with E-state index in [2.05, 4.69) is 22.5 Å². The molecule has 0 saturated carbocycles. The highest BCUT2D eigenvalue weighted by Crippen LogP contribution is 2.07. The molecule has 0 aliphatic carbocycles. The molecular formula is C18H27ClN4O. The summed E-state index contributed by atoms with van der Waals surface area (Å²) in [4.78, 5) is 11.8. The van der Waals surface area contributed by atoms with Crippen molar-refractivity contribution in [3.63, 3.8) is 0 Å². The number of aromatic nitrogens is 2. The van der Waals surface area contributed by atoms with Crippen molar-refractivity contribution in [2.45, 2.75) is 45.2 Å². The molecule has 0 aliphatic heterocycles. The molecule has 0 bridgehead atoms. The number of nitrogens with two attached hydrogens (primary N) is 1. The van der Waals surface area contributed by atoms with Crippen LogP contribution in [0, 0.1) is 0 Å². The van der Waals surface area contributed by atoms with Gasteiger partial charge in [-0.3, -0.25) is 9.48 Å². The molecule has 2 aromatic rings. The van der Waals surface area contributed by atoms with E-state index in [0.717, 1.165) is 44.3 Å². The summed E-state index contributed by atoms with van der Waals surface area (Å²) in [6.45, 7) is 2.06. The second kappa shape index (κ2) is 11.6. The topological polar surface area (TPSA) is 72.9 Å². The van der Waals surface area contributed by atoms with Crippen molar-refractivity contribution in [1.82, 2.24) is 15.1 Å². The van der Waals surface area contributed by atoms with E-state index < -0.39 is 0 Å². The van der Waals surface area contributed by atoms with Gasteiger partial charge in [-0.05, 0) is 36.6 Å². The first-order chi connectivity index (χ1) is 11.3. The lowest BCUT2D eigenvalue weighted by atomic mass is 10.1. The molecule has 0 aliphatic rings. The number of halogens is 1. The molecule has 0 unspecified atom stereocenters. The van der Waals surface area contributed by atoms with Crippen LogP contribution in [0.4, 0.5) is 0 Å². The fourth-order valence-corrected chi connectivity index (χ4v) is 2.49. The van der Waals surface area contributed by atoms with Crippen molar-refractivity contribution in [3.05, 3.63) is 53.9 Å². The molecule has 6 heteroatoms. The second-order valence-electron chi connectivity index (χ2n) is 5.75. The Morgan fingerprint density at radius 1 is 1.12 bits per heavy atom. The van der Waals surface area contributed by atoms with Crippen molar-refractivity contribution in [1.29, 1.82) is 0 Å². The zero-order chi connectivity index (χ0) is 16.3. The van der Waals surface area contributed by atoms with Crippen LogP contribution < -0.4 is 11.1 Å². The van der Waals surface area contributed by atoms with Crippen LogP contribution in [0.5, 0.6) is 0 Å². The van der Waals surface area contributed by atoms with E-state index in [-0.39, 0.29) is 18.3 Å². The fraction of sp³-hybridized carbons (Fsp3) is 0.444. The van der Waals surface area contributed by atoms with Crippen LogP contribution in [-0.4, -0.2) is 22.2 Å². The van der Waals surface area contributed by atoms with Gasteiger partial charge in [-0.15, -0.1) is 12.4 Å². The lowest BCUT2D eigenvalue weighted by Crippen LogP contribution is -2.22. The summed E-state index contributed by atoms with van der Waals surface area (Å²) in [7, 11) is 0. The van der Waals surface area contributed by atoms with E-state index in [0.29, 0.717) is 13.0 Å². The molecule has 5 nitrogen and oxygen atoms in total. The summed E-state index contributed by atoms with van der Waals surface area (Å²) in [5.74, 6) is 0.121. The van der Waals surface area contributed by atoms with Gasteiger partial charge in [0.25, 0.3) is 0 Å². The van der Waals surface area contributed by atoms with E-state index in [1.807, 2.05) is 29.1 Å². The largest absolute Gasteiger partial charge is 0.352 e. The number of carbonyl (C=O) groups is 1. The van der Waals surface area contributed by atoms with Gasteiger partial charge in [0.15, 0.2) is 0 Å². The van der Waals surface area contributed by atoms with E-state index in [1.165, 1.54) is 5.56 Å². The summed E-state index contributed by atoms with van der Waals surface area (Å²) in [6, 6.07) is 10.2. The number of nitrogens with zero attached hydrogens (tertiary/aromatic N) is 2. The molecule has 1 aromatic heterocycles. The number of hydrogen-bond donors (Lipinski definition) is 2. The molecular weight excluding hydrogens is 324 g/mol. The molecule has 24 heavy (non-hydrogen) atoms. The molecule has 0 atom stereocenters. The number of unbranched alkanes of at least 4 members (excludes halogenated alkanes) is 3. The van der Waals surface area contributed by atoms with Crippen LogP contribution >= 0.6 is 12.4 Å². The van der Waals surface area contributed by atoms with Crippen molar-refractivity contribution >= 4 is 18.3 Å². The quantitative estimate of drug-likeness (QED) is 0.647. The molecule has 1 heterocycles. The fourth-order valence-electron chi connectivity index (χ4n) is 2.49. The summed E-state index contributed by atoms with van der Waals surface area (Å²) in [6.07, 6.45) is 8.48. The first-order valence-corrected chi connectivity index (χ1v) is 8.30. The lowest BCUT2D eigenvalue weighted by molar-refractivity contribution is -0.121. The maximum atomic E-state index is 11.8. The molecule has 132 valence electrons. The third-order valence-corrected chi connectivity index (χ3v) is 3.74. The molecule has 0 fully saturated rings. The molecule has 3 N–H and O–H groups in total. The Bertz CT molecular complexity index is 586. The van der Waals surface area contributed by atoms with E-state index in [1.54, 1.807) is 6.20 Å². The maximum absolute atomic E-state index is 11.8. The number of carbonyl (C=O) groups excluding carboxylic acids is 1. The maximum Gasteiger partial charge on any atom is 0.220 e. The number of rotatable bonds is 10. The minimum absolute atomic E-state index is 0. The SMILES string of the molecule is Cl.NCCCCCCC(=O)NCc1cccc(Cn2cccn2)c1. The van der Waals surface area contributed by atoms with Crippen molar-refractivity contribution < 1.29 is 4.79 Å². The Morgan fingerprint density at radius 3 is 2.67 bits per heavy atom. The molecule has 0 radical (unpaired) electrons. The summed E-state index contributed by atoms with van der Waals surface area (Å²) in [5, 5.41) is 7.20. The van der Waals surface area contributed by atoms with Crippen LogP contribution in [0.2, 0.25) is 0 Å². The van der Waals surface area contributed by atoms with E-state index in [9.17, 15) is 4.79 Å². The molecule has 2 rings (SSSR count). The molecule has 0 saturated heterocycles. The predicted octanol–water partition coefficient (Wildman–Crippen LogP) is 2.88. The van der Waals surface area contributed by atoms with E-state index in [4.69, 9.17) is 5.73 Å². The first kappa shape index (κ1) is 20.2. The Kier molecular flexibility index (Phi) is 9.80. The van der Waals surface area contributed by atoms with E-state index >= 15 is 0 Å². The highest BCUT2D eigenvalue weighted by molar-refractivity contribution is 5.85. The van der Waals surface area contributed by atoms with Gasteiger partial charge in [-0.25, -0.2) is 0 Å². The Labute approximate surface area is 150 Å². The third-order valence-electron chi connectivity index (χ3n) is 3.74. The predicted molar refractivity (Wildman–Crippen MR) is 99.0 cm³/mol. The number of nitrogens with one attached hydrogen (secondary N) is 1. The van der Waals surface area contributed by atoms with Crippen molar-refractivity contribution in [3.8, 4) is 0 Å². The lowest BCUT2D eigenvalue weighted by Gasteiger charge is -2.08. The minimum atomic E-state index is 0. The average molecular weight is 351 g/mol. The van der Waals surface area contributed by atoms with Gasteiger partial charge in [-0.1, -0.05) is 37.1 Å². The molecule has 1 amide bonds. The monoisotopic (exact) mass is 350 g/mol. The van der Waals surface area contributed by atoms with Crippen LogP contribution in [0.25, 0.3) is 0 Å². The summed E-state index contributed by atoms with van der Waals surface area (Å²) < 4.78 is 1.89. The highest BCUT2D eigenvalue weighted by atomic mass is 35.5. The first-order valence-electron chi connectivity index (χ1n) is 8.30. The van der Waals surface area contributed by atoms with Gasteiger partial charge in [0.05, 0.1) is 6.54 Å². The number of hydrogen-bond acceptors (Lipinski definition) is 3. The van der Waals surface area contributed by atoms with Gasteiger partial charge >= 0.3 is 0 Å². The standard InChI is InChI=1S/C18H26N4O.ClH/c19-10-4-2-1-3-9-18(23)20-14-16-7-5-8-17(13-16)15-22-12-6-11-21-22;/h5-8,11-13H,1-4,9-10,14-15,19H2,(H,20,23);1H. The summed E-state index contributed by atoms with van der Waals surface area (Å²) >= 11 is 0. The van der Waals surface area contributed by atoms with Gasteiger partial charge in [0.2, 0.25) is 5.91 Å². The van der Waals surface area contributed by atoms with Crippen molar-refractivity contribution in [2.75, 3.05) is 6.54 Å². The Morgan fingerprint density at radius 2 is 1.92 bits per heavy atom. The third kappa shape index (κ3) is 7.62. The highest BCUT2D eigenvalue weighted by Gasteiger charge is 2.02. The van der Waals surface area contributed by atoms with Crippen LogP contribution in [0.15, 0.2) is 42.7 Å². The van der Waals surface area contributed by atoms with Crippen LogP contribution in [0.1, 0.15) is 43.2 Å². The molecule has 1 aromatic carbocycles. The zero-order valence-electron chi connectivity index (χ0n) is 14.0. The Balaban J connectivity index is 0.00000288. The smallest absolute Gasteiger partial charge is 0.220 e. The van der Waals surface area contributed by atoms with Gasteiger partial charge in [-0.2, -0.15) is 5.10 Å². The number of benzene rings is 1. The average Bonchev–Trinajstić information content (AvgIpc) is 3.06. The van der Waals surface area contributed by atoms with Crippen molar-refractivity contribution in [2.24, 2.45) is 5.73 Å². The van der Waals surface area contributed by atoms with Crippen LogP contribution in [-0.2, 0) is 17.9 Å².